The van der Waals surface area contributed by atoms with Gasteiger partial charge in [-0.15, -0.1) is 0 Å². The number of aryl methyl sites for hydroxylation is 1. The second-order valence-corrected chi connectivity index (χ2v) is 6.78. The largest absolute Gasteiger partial charge is 0.497 e. The van der Waals surface area contributed by atoms with Crippen molar-refractivity contribution in [3.05, 3.63) is 40.4 Å². The standard InChI is InChI=1S/C18H21N3O3S/c1-3-24-17(22)10-14-11-19-18(25-14)21-20-16-6-4-5-12-9-13(23-2)7-8-15(12)16/h7-9,11H,3-6,10H2,1-2H3,(H,19,21)/b20-16-. The summed E-state index contributed by atoms with van der Waals surface area (Å²) in [4.78, 5) is 16.6. The summed E-state index contributed by atoms with van der Waals surface area (Å²) in [6.07, 6.45) is 4.95. The van der Waals surface area contributed by atoms with Gasteiger partial charge < -0.3 is 9.47 Å². The van der Waals surface area contributed by atoms with E-state index >= 15 is 0 Å². The molecule has 0 saturated heterocycles. The van der Waals surface area contributed by atoms with E-state index in [0.29, 0.717) is 11.7 Å². The molecule has 25 heavy (non-hydrogen) atoms. The van der Waals surface area contributed by atoms with E-state index in [1.165, 1.54) is 16.9 Å². The molecule has 1 aliphatic carbocycles. The van der Waals surface area contributed by atoms with Gasteiger partial charge in [0.2, 0.25) is 5.13 Å². The van der Waals surface area contributed by atoms with Crippen molar-refractivity contribution >= 4 is 28.1 Å². The lowest BCUT2D eigenvalue weighted by atomic mass is 9.90. The number of rotatable bonds is 6. The molecule has 1 heterocycles. The Morgan fingerprint density at radius 1 is 1.40 bits per heavy atom. The first kappa shape index (κ1) is 17.4. The fourth-order valence-corrected chi connectivity index (χ4v) is 3.53. The number of hydrogen-bond donors (Lipinski definition) is 1. The molecule has 0 amide bonds. The Balaban J connectivity index is 1.69. The Morgan fingerprint density at radius 2 is 2.28 bits per heavy atom. The lowest BCUT2D eigenvalue weighted by Crippen LogP contribution is -2.13. The van der Waals surface area contributed by atoms with E-state index in [1.807, 2.05) is 6.07 Å². The Bertz CT molecular complexity index is 786. The Labute approximate surface area is 150 Å². The molecule has 1 aromatic heterocycles. The third-order valence-corrected chi connectivity index (χ3v) is 4.85. The summed E-state index contributed by atoms with van der Waals surface area (Å²) >= 11 is 1.41. The number of carbonyl (C=O) groups is 1. The van der Waals surface area contributed by atoms with Crippen LogP contribution in [0.15, 0.2) is 29.5 Å². The molecule has 3 rings (SSSR count). The quantitative estimate of drug-likeness (QED) is 0.632. The molecule has 6 nitrogen and oxygen atoms in total. The van der Waals surface area contributed by atoms with E-state index in [0.717, 1.165) is 41.2 Å². The SMILES string of the molecule is CCOC(=O)Cc1cnc(N/N=C2/CCCc3cc(OC)ccc32)s1. The van der Waals surface area contributed by atoms with Gasteiger partial charge in [0.25, 0.3) is 0 Å². The van der Waals surface area contributed by atoms with Crippen LogP contribution < -0.4 is 10.2 Å². The summed E-state index contributed by atoms with van der Waals surface area (Å²) in [7, 11) is 1.68. The van der Waals surface area contributed by atoms with Crippen molar-refractivity contribution in [3.63, 3.8) is 0 Å². The van der Waals surface area contributed by atoms with Gasteiger partial charge in [0.15, 0.2) is 0 Å². The number of nitrogens with one attached hydrogen (secondary N) is 1. The van der Waals surface area contributed by atoms with Crippen LogP contribution in [0, 0.1) is 0 Å². The van der Waals surface area contributed by atoms with Crippen LogP contribution in [-0.2, 0) is 22.4 Å². The zero-order valence-electron chi connectivity index (χ0n) is 14.4. The van der Waals surface area contributed by atoms with E-state index in [1.54, 1.807) is 20.2 Å². The summed E-state index contributed by atoms with van der Waals surface area (Å²) in [5.41, 5.74) is 6.45. The number of nitrogens with zero attached hydrogens (tertiary/aromatic N) is 2. The van der Waals surface area contributed by atoms with Crippen LogP contribution >= 0.6 is 11.3 Å². The number of hydrogen-bond acceptors (Lipinski definition) is 7. The normalized spacial score (nSPS) is 14.9. The highest BCUT2D eigenvalue weighted by atomic mass is 32.1. The molecule has 0 spiro atoms. The van der Waals surface area contributed by atoms with Gasteiger partial charge in [-0.2, -0.15) is 5.10 Å². The molecule has 1 aromatic carbocycles. The molecule has 0 fully saturated rings. The van der Waals surface area contributed by atoms with Crippen LogP contribution in [0.5, 0.6) is 5.75 Å². The van der Waals surface area contributed by atoms with Crippen molar-refractivity contribution in [2.45, 2.75) is 32.6 Å². The van der Waals surface area contributed by atoms with E-state index in [9.17, 15) is 4.79 Å². The summed E-state index contributed by atoms with van der Waals surface area (Å²) in [6.45, 7) is 2.19. The monoisotopic (exact) mass is 359 g/mol. The van der Waals surface area contributed by atoms with Crippen molar-refractivity contribution in [2.24, 2.45) is 5.10 Å². The molecule has 7 heteroatoms. The molecule has 0 saturated carbocycles. The minimum absolute atomic E-state index is 0.237. The molecule has 0 unspecified atom stereocenters. The first-order valence-corrected chi connectivity index (χ1v) is 9.11. The van der Waals surface area contributed by atoms with Gasteiger partial charge in [-0.1, -0.05) is 11.3 Å². The number of ether oxygens (including phenoxy) is 2. The third kappa shape index (κ3) is 4.36. The minimum atomic E-state index is -0.237. The first-order valence-electron chi connectivity index (χ1n) is 8.29. The number of aromatic nitrogens is 1. The van der Waals surface area contributed by atoms with Crippen LogP contribution in [0.2, 0.25) is 0 Å². The lowest BCUT2D eigenvalue weighted by Gasteiger charge is -2.18. The highest BCUT2D eigenvalue weighted by molar-refractivity contribution is 7.15. The second-order valence-electron chi connectivity index (χ2n) is 5.66. The van der Waals surface area contributed by atoms with E-state index < -0.39 is 0 Å². The zero-order chi connectivity index (χ0) is 17.6. The van der Waals surface area contributed by atoms with Crippen LogP contribution in [-0.4, -0.2) is 30.4 Å². The van der Waals surface area contributed by atoms with Crippen LogP contribution in [0.3, 0.4) is 0 Å². The summed E-state index contributed by atoms with van der Waals surface area (Å²) < 4.78 is 10.2. The fourth-order valence-electron chi connectivity index (χ4n) is 2.79. The Morgan fingerprint density at radius 3 is 3.08 bits per heavy atom. The van der Waals surface area contributed by atoms with E-state index in [-0.39, 0.29) is 12.4 Å². The van der Waals surface area contributed by atoms with Crippen molar-refractivity contribution in [2.75, 3.05) is 19.1 Å². The zero-order valence-corrected chi connectivity index (χ0v) is 15.2. The predicted octanol–water partition coefficient (Wildman–Crippen LogP) is 3.41. The van der Waals surface area contributed by atoms with Gasteiger partial charge in [0.05, 0.1) is 25.8 Å². The topological polar surface area (TPSA) is 72.8 Å². The van der Waals surface area contributed by atoms with E-state index in [2.05, 4.69) is 27.6 Å². The van der Waals surface area contributed by atoms with Gasteiger partial charge in [0.1, 0.15) is 5.75 Å². The molecular formula is C18H21N3O3S. The average molecular weight is 359 g/mol. The van der Waals surface area contributed by atoms with E-state index in [4.69, 9.17) is 9.47 Å². The predicted molar refractivity (Wildman–Crippen MR) is 98.5 cm³/mol. The van der Waals surface area contributed by atoms with Crippen molar-refractivity contribution in [1.82, 2.24) is 4.98 Å². The number of benzene rings is 1. The Hall–Kier alpha value is -2.41. The van der Waals surface area contributed by atoms with Crippen LogP contribution in [0.25, 0.3) is 0 Å². The number of fused-ring (bicyclic) bond motifs is 1. The number of anilines is 1. The molecule has 2 aromatic rings. The number of carbonyl (C=O) groups excluding carboxylic acids is 1. The second kappa shape index (κ2) is 8.11. The van der Waals surface area contributed by atoms with Gasteiger partial charge in [-0.25, -0.2) is 4.98 Å². The Kier molecular flexibility index (Phi) is 5.65. The molecule has 132 valence electrons. The molecule has 1 N–H and O–H groups in total. The third-order valence-electron chi connectivity index (χ3n) is 3.95. The van der Waals surface area contributed by atoms with Gasteiger partial charge >= 0.3 is 5.97 Å². The summed E-state index contributed by atoms with van der Waals surface area (Å²) in [6, 6.07) is 6.09. The molecular weight excluding hydrogens is 338 g/mol. The van der Waals surface area contributed by atoms with Gasteiger partial charge in [-0.3, -0.25) is 10.2 Å². The fraction of sp³-hybridized carbons (Fsp3) is 0.389. The van der Waals surface area contributed by atoms with Crippen molar-refractivity contribution in [1.29, 1.82) is 0 Å². The highest BCUT2D eigenvalue weighted by Gasteiger charge is 2.16. The number of thiazole rings is 1. The van der Waals surface area contributed by atoms with Crippen LogP contribution in [0.1, 0.15) is 35.8 Å². The first-order chi connectivity index (χ1) is 12.2. The smallest absolute Gasteiger partial charge is 0.311 e. The molecule has 0 radical (unpaired) electrons. The highest BCUT2D eigenvalue weighted by Crippen LogP contribution is 2.26. The maximum atomic E-state index is 11.5. The lowest BCUT2D eigenvalue weighted by molar-refractivity contribution is -0.142. The summed E-state index contributed by atoms with van der Waals surface area (Å²) in [5.74, 6) is 0.635. The molecule has 1 aliphatic rings. The molecule has 0 bridgehead atoms. The maximum Gasteiger partial charge on any atom is 0.311 e. The molecule has 0 atom stereocenters. The number of methoxy groups -OCH3 is 1. The van der Waals surface area contributed by atoms with Crippen molar-refractivity contribution in [3.8, 4) is 5.75 Å². The van der Waals surface area contributed by atoms with Crippen molar-refractivity contribution < 1.29 is 14.3 Å². The number of hydrazone groups is 1. The average Bonchev–Trinajstić information content (AvgIpc) is 3.06. The van der Waals surface area contributed by atoms with Gasteiger partial charge in [0, 0.05) is 16.6 Å². The minimum Gasteiger partial charge on any atom is -0.497 e. The maximum absolute atomic E-state index is 11.5. The number of esters is 1. The molecule has 0 aliphatic heterocycles. The summed E-state index contributed by atoms with van der Waals surface area (Å²) in [5, 5.41) is 5.21. The van der Waals surface area contributed by atoms with Gasteiger partial charge in [-0.05, 0) is 49.9 Å². The van der Waals surface area contributed by atoms with Crippen LogP contribution in [0.4, 0.5) is 5.13 Å².